The lowest BCUT2D eigenvalue weighted by molar-refractivity contribution is 0.414. The van der Waals surface area contributed by atoms with Crippen molar-refractivity contribution in [1.82, 2.24) is 9.55 Å². The molecule has 1 aliphatic rings. The van der Waals surface area contributed by atoms with Crippen LogP contribution in [0.25, 0.3) is 11.0 Å². The number of ether oxygens (including phenoxy) is 1. The summed E-state index contributed by atoms with van der Waals surface area (Å²) in [4.78, 5) is 19.2. The van der Waals surface area contributed by atoms with Gasteiger partial charge in [-0.15, -0.1) is 0 Å². The molecule has 2 aromatic heterocycles. The first kappa shape index (κ1) is 14.8. The van der Waals surface area contributed by atoms with E-state index < -0.39 is 0 Å². The molecule has 24 heavy (non-hydrogen) atoms. The van der Waals surface area contributed by atoms with Gasteiger partial charge in [0, 0.05) is 19.2 Å². The third kappa shape index (κ3) is 2.62. The van der Waals surface area contributed by atoms with Crippen molar-refractivity contribution in [2.75, 3.05) is 25.1 Å². The lowest BCUT2D eigenvalue weighted by atomic mass is 10.1. The van der Waals surface area contributed by atoms with Crippen LogP contribution in [0, 0.1) is 0 Å². The molecule has 0 atom stereocenters. The Morgan fingerprint density at radius 1 is 1.12 bits per heavy atom. The summed E-state index contributed by atoms with van der Waals surface area (Å²) < 4.78 is 6.98. The Hall–Kier alpha value is -2.82. The van der Waals surface area contributed by atoms with Crippen LogP contribution in [0.3, 0.4) is 0 Å². The molecule has 0 unspecified atom stereocenters. The molecule has 1 saturated heterocycles. The molecule has 4 rings (SSSR count). The van der Waals surface area contributed by atoms with E-state index in [0.717, 1.165) is 41.1 Å². The zero-order chi connectivity index (χ0) is 16.5. The van der Waals surface area contributed by atoms with E-state index in [0.29, 0.717) is 6.54 Å². The van der Waals surface area contributed by atoms with Gasteiger partial charge >= 0.3 is 0 Å². The molecule has 0 aliphatic carbocycles. The number of anilines is 1. The smallest absolute Gasteiger partial charge is 0.251 e. The number of aromatic nitrogens is 2. The molecule has 5 nitrogen and oxygen atoms in total. The summed E-state index contributed by atoms with van der Waals surface area (Å²) in [6.45, 7) is 2.64. The molecule has 1 aliphatic heterocycles. The summed E-state index contributed by atoms with van der Waals surface area (Å²) in [6.07, 6.45) is 3.11. The van der Waals surface area contributed by atoms with Gasteiger partial charge in [-0.25, -0.2) is 0 Å². The average molecular weight is 321 g/mol. The Kier molecular flexibility index (Phi) is 3.69. The fourth-order valence-corrected chi connectivity index (χ4v) is 2.98. The Morgan fingerprint density at radius 2 is 1.92 bits per heavy atom. The van der Waals surface area contributed by atoms with Crippen LogP contribution < -0.4 is 15.2 Å². The van der Waals surface area contributed by atoms with E-state index in [4.69, 9.17) is 4.74 Å². The summed E-state index contributed by atoms with van der Waals surface area (Å²) in [7, 11) is 1.65. The number of rotatable bonds is 4. The van der Waals surface area contributed by atoms with Gasteiger partial charge in [0.25, 0.3) is 5.56 Å². The predicted octanol–water partition coefficient (Wildman–Crippen LogP) is 2.66. The number of hydrogen-bond donors (Lipinski definition) is 0. The first-order valence-electron chi connectivity index (χ1n) is 8.12. The van der Waals surface area contributed by atoms with Gasteiger partial charge in [0.2, 0.25) is 0 Å². The highest BCUT2D eigenvalue weighted by atomic mass is 16.5. The van der Waals surface area contributed by atoms with Crippen LogP contribution in [0.1, 0.15) is 12.0 Å². The van der Waals surface area contributed by atoms with Gasteiger partial charge in [-0.1, -0.05) is 12.1 Å². The third-order valence-electron chi connectivity index (χ3n) is 4.54. The molecule has 122 valence electrons. The van der Waals surface area contributed by atoms with E-state index in [1.165, 1.54) is 6.42 Å². The van der Waals surface area contributed by atoms with Crippen LogP contribution in [-0.2, 0) is 6.54 Å². The highest BCUT2D eigenvalue weighted by Crippen LogP contribution is 2.23. The van der Waals surface area contributed by atoms with Gasteiger partial charge in [0.1, 0.15) is 5.75 Å². The molecule has 0 radical (unpaired) electrons. The van der Waals surface area contributed by atoms with E-state index in [1.807, 2.05) is 30.5 Å². The molecule has 0 amide bonds. The van der Waals surface area contributed by atoms with Gasteiger partial charge in [-0.05, 0) is 36.2 Å². The van der Waals surface area contributed by atoms with Crippen LogP contribution in [-0.4, -0.2) is 29.8 Å². The molecule has 1 aromatic carbocycles. The van der Waals surface area contributed by atoms with E-state index in [-0.39, 0.29) is 5.56 Å². The van der Waals surface area contributed by atoms with E-state index >= 15 is 0 Å². The summed E-state index contributed by atoms with van der Waals surface area (Å²) in [6, 6.07) is 13.2. The Balaban J connectivity index is 1.76. The summed E-state index contributed by atoms with van der Waals surface area (Å²) in [5.74, 6) is 0.811. The predicted molar refractivity (Wildman–Crippen MR) is 94.9 cm³/mol. The van der Waals surface area contributed by atoms with Crippen molar-refractivity contribution in [2.45, 2.75) is 13.0 Å². The van der Waals surface area contributed by atoms with Crippen LogP contribution in [0.2, 0.25) is 0 Å². The zero-order valence-electron chi connectivity index (χ0n) is 13.6. The average Bonchev–Trinajstić information content (AvgIpc) is 2.57. The summed E-state index contributed by atoms with van der Waals surface area (Å²) in [5, 5.41) is 0. The highest BCUT2D eigenvalue weighted by Gasteiger charge is 2.16. The monoisotopic (exact) mass is 321 g/mol. The molecular weight excluding hydrogens is 302 g/mol. The number of pyridine rings is 2. The van der Waals surface area contributed by atoms with Gasteiger partial charge in [0.05, 0.1) is 36.6 Å². The maximum Gasteiger partial charge on any atom is 0.251 e. The number of methoxy groups -OCH3 is 1. The van der Waals surface area contributed by atoms with Crippen molar-refractivity contribution in [3.8, 4) is 5.75 Å². The Bertz CT molecular complexity index is 927. The standard InChI is InChI=1S/C19H19N3O2/c1-24-16-5-3-14(4-6-16)13-22-18-11-15(21-9-2-10-21)12-20-17(18)7-8-19(22)23/h3-8,11-12H,2,9-10,13H2,1H3. The topological polar surface area (TPSA) is 47.4 Å². The fourth-order valence-electron chi connectivity index (χ4n) is 2.98. The highest BCUT2D eigenvalue weighted by molar-refractivity contribution is 5.78. The molecule has 3 heterocycles. The van der Waals surface area contributed by atoms with Crippen molar-refractivity contribution >= 4 is 16.7 Å². The number of fused-ring (bicyclic) bond motifs is 1. The molecule has 5 heteroatoms. The summed E-state index contributed by atoms with van der Waals surface area (Å²) in [5.41, 5.74) is 3.85. The first-order chi connectivity index (χ1) is 11.7. The van der Waals surface area contributed by atoms with Gasteiger partial charge in [0.15, 0.2) is 0 Å². The molecule has 3 aromatic rings. The second kappa shape index (κ2) is 6.00. The van der Waals surface area contributed by atoms with E-state index in [9.17, 15) is 4.79 Å². The lowest BCUT2D eigenvalue weighted by Crippen LogP contribution is -2.37. The lowest BCUT2D eigenvalue weighted by Gasteiger charge is -2.33. The molecule has 1 fully saturated rings. The summed E-state index contributed by atoms with van der Waals surface area (Å²) >= 11 is 0. The van der Waals surface area contributed by atoms with Gasteiger partial charge in [-0.2, -0.15) is 0 Å². The second-order valence-electron chi connectivity index (χ2n) is 6.04. The van der Waals surface area contributed by atoms with Crippen molar-refractivity contribution in [3.05, 3.63) is 64.6 Å². The van der Waals surface area contributed by atoms with Crippen molar-refractivity contribution in [2.24, 2.45) is 0 Å². The van der Waals surface area contributed by atoms with E-state index in [1.54, 1.807) is 23.8 Å². The fraction of sp³-hybridized carbons (Fsp3) is 0.263. The SMILES string of the molecule is COc1ccc(Cn2c(=O)ccc3ncc(N4CCC4)cc32)cc1. The number of hydrogen-bond acceptors (Lipinski definition) is 4. The van der Waals surface area contributed by atoms with Gasteiger partial charge < -0.3 is 14.2 Å². The van der Waals surface area contributed by atoms with Crippen LogP contribution >= 0.6 is 0 Å². The molecule has 0 saturated carbocycles. The zero-order valence-corrected chi connectivity index (χ0v) is 13.6. The largest absolute Gasteiger partial charge is 0.497 e. The molecule has 0 spiro atoms. The number of nitrogens with zero attached hydrogens (tertiary/aromatic N) is 3. The Labute approximate surface area is 140 Å². The minimum atomic E-state index is -0.0131. The van der Waals surface area contributed by atoms with Crippen LogP contribution in [0.15, 0.2) is 53.5 Å². The van der Waals surface area contributed by atoms with Crippen LogP contribution in [0.5, 0.6) is 5.75 Å². The Morgan fingerprint density at radius 3 is 2.58 bits per heavy atom. The van der Waals surface area contributed by atoms with Crippen LogP contribution in [0.4, 0.5) is 5.69 Å². The normalized spacial score (nSPS) is 13.8. The number of benzene rings is 1. The maximum absolute atomic E-state index is 12.4. The minimum absolute atomic E-state index is 0.0131. The molecular formula is C19H19N3O2. The first-order valence-corrected chi connectivity index (χ1v) is 8.12. The van der Waals surface area contributed by atoms with E-state index in [2.05, 4.69) is 16.0 Å². The van der Waals surface area contributed by atoms with Crippen molar-refractivity contribution in [3.63, 3.8) is 0 Å². The van der Waals surface area contributed by atoms with Gasteiger partial charge in [-0.3, -0.25) is 9.78 Å². The molecule has 0 bridgehead atoms. The third-order valence-corrected chi connectivity index (χ3v) is 4.54. The van der Waals surface area contributed by atoms with Crippen molar-refractivity contribution in [1.29, 1.82) is 0 Å². The maximum atomic E-state index is 12.4. The quantitative estimate of drug-likeness (QED) is 0.741. The molecule has 0 N–H and O–H groups in total. The minimum Gasteiger partial charge on any atom is -0.497 e. The second-order valence-corrected chi connectivity index (χ2v) is 6.04. The van der Waals surface area contributed by atoms with Crippen molar-refractivity contribution < 1.29 is 4.74 Å².